The molecule has 3 atom stereocenters. The van der Waals surface area contributed by atoms with Crippen LogP contribution in [0.25, 0.3) is 11.3 Å². The van der Waals surface area contributed by atoms with Gasteiger partial charge in [0.2, 0.25) is 11.8 Å². The van der Waals surface area contributed by atoms with Crippen LogP contribution in [-0.2, 0) is 14.4 Å². The molecule has 1 heterocycles. The SMILES string of the molecule is CC(Sc1ccc(NC(=O)C2CC=CCC2C(=O)O)cc1)C(=O)Nc1nc(-c2ccc(Cl)cc2Cl)cs1. The average Bonchev–Trinajstić information content (AvgIpc) is 3.33. The second-order valence-electron chi connectivity index (χ2n) is 8.42. The standard InChI is InChI=1S/C26H23Cl2N3O4S2/c1-14(23(32)31-26-30-22(13-36-26)20-11-6-15(27)12-21(20)28)37-17-9-7-16(8-10-17)29-24(33)18-4-2-3-5-19(18)25(34)35/h2-3,6-14,18-19H,4-5H2,1H3,(H,29,33)(H,34,35)(H,30,31,32). The van der Waals surface area contributed by atoms with Crippen LogP contribution < -0.4 is 10.6 Å². The van der Waals surface area contributed by atoms with Gasteiger partial charge in [0.25, 0.3) is 0 Å². The molecule has 4 rings (SSSR count). The highest BCUT2D eigenvalue weighted by atomic mass is 35.5. The number of anilines is 2. The summed E-state index contributed by atoms with van der Waals surface area (Å²) in [5.74, 6) is -2.81. The van der Waals surface area contributed by atoms with E-state index in [9.17, 15) is 19.5 Å². The number of thiazole rings is 1. The molecule has 0 radical (unpaired) electrons. The Morgan fingerprint density at radius 2 is 1.76 bits per heavy atom. The zero-order valence-electron chi connectivity index (χ0n) is 19.6. The van der Waals surface area contributed by atoms with E-state index in [2.05, 4.69) is 15.6 Å². The van der Waals surface area contributed by atoms with Crippen LogP contribution in [0.1, 0.15) is 19.8 Å². The maximum absolute atomic E-state index is 12.7. The number of carboxylic acid groups (broad SMARTS) is 1. The topological polar surface area (TPSA) is 108 Å². The Labute approximate surface area is 232 Å². The number of thioether (sulfide) groups is 1. The molecule has 1 aliphatic carbocycles. The van der Waals surface area contributed by atoms with Crippen molar-refractivity contribution in [3.63, 3.8) is 0 Å². The van der Waals surface area contributed by atoms with E-state index < -0.39 is 23.1 Å². The number of rotatable bonds is 8. The minimum Gasteiger partial charge on any atom is -0.481 e. The maximum Gasteiger partial charge on any atom is 0.307 e. The summed E-state index contributed by atoms with van der Waals surface area (Å²) in [5, 5.41) is 17.9. The summed E-state index contributed by atoms with van der Waals surface area (Å²) in [4.78, 5) is 42.2. The van der Waals surface area contributed by atoms with Crippen LogP contribution >= 0.6 is 46.3 Å². The molecule has 0 aliphatic heterocycles. The quantitative estimate of drug-likeness (QED) is 0.200. The van der Waals surface area contributed by atoms with E-state index in [1.807, 2.05) is 23.6 Å². The number of carboxylic acids is 1. The van der Waals surface area contributed by atoms with Crippen LogP contribution in [0.3, 0.4) is 0 Å². The number of hydrogen-bond donors (Lipinski definition) is 3. The molecule has 0 fully saturated rings. The summed E-state index contributed by atoms with van der Waals surface area (Å²) < 4.78 is 0. The molecule has 2 amide bonds. The first-order valence-electron chi connectivity index (χ1n) is 11.4. The van der Waals surface area contributed by atoms with Crippen molar-refractivity contribution < 1.29 is 19.5 Å². The molecule has 3 unspecified atom stereocenters. The van der Waals surface area contributed by atoms with Crippen molar-refractivity contribution in [3.05, 3.63) is 70.0 Å². The first-order valence-corrected chi connectivity index (χ1v) is 13.9. The summed E-state index contributed by atoms with van der Waals surface area (Å²) in [6.45, 7) is 1.79. The second-order valence-corrected chi connectivity index (χ2v) is 11.5. The lowest BCUT2D eigenvalue weighted by Crippen LogP contribution is -2.34. The smallest absolute Gasteiger partial charge is 0.307 e. The van der Waals surface area contributed by atoms with E-state index in [1.54, 1.807) is 43.3 Å². The fourth-order valence-electron chi connectivity index (χ4n) is 3.85. The zero-order chi connectivity index (χ0) is 26.5. The van der Waals surface area contributed by atoms with Crippen molar-refractivity contribution >= 4 is 74.9 Å². The van der Waals surface area contributed by atoms with Gasteiger partial charge in [-0.1, -0.05) is 35.4 Å². The summed E-state index contributed by atoms with van der Waals surface area (Å²) in [7, 11) is 0. The van der Waals surface area contributed by atoms with Crippen molar-refractivity contribution in [2.75, 3.05) is 10.6 Å². The van der Waals surface area contributed by atoms with Crippen molar-refractivity contribution in [1.29, 1.82) is 0 Å². The molecular formula is C26H23Cl2N3O4S2. The third-order valence-corrected chi connectivity index (χ3v) is 8.25. The van der Waals surface area contributed by atoms with E-state index in [0.717, 1.165) is 10.5 Å². The van der Waals surface area contributed by atoms with Crippen LogP contribution in [0.5, 0.6) is 0 Å². The van der Waals surface area contributed by atoms with Gasteiger partial charge in [-0.05, 0) is 62.2 Å². The molecule has 3 aromatic rings. The first-order chi connectivity index (χ1) is 17.7. The lowest BCUT2D eigenvalue weighted by molar-refractivity contribution is -0.146. The van der Waals surface area contributed by atoms with Gasteiger partial charge in [-0.2, -0.15) is 0 Å². The van der Waals surface area contributed by atoms with Gasteiger partial charge in [0.1, 0.15) is 0 Å². The normalized spacial score (nSPS) is 17.7. The number of carbonyl (C=O) groups excluding carboxylic acids is 2. The number of hydrogen-bond acceptors (Lipinski definition) is 6. The van der Waals surface area contributed by atoms with Gasteiger partial charge in [0.05, 0.1) is 27.8 Å². The van der Waals surface area contributed by atoms with E-state index in [-0.39, 0.29) is 11.8 Å². The minimum atomic E-state index is -0.966. The molecule has 3 N–H and O–H groups in total. The molecule has 0 saturated heterocycles. The minimum absolute atomic E-state index is 0.199. The second kappa shape index (κ2) is 12.1. The highest BCUT2D eigenvalue weighted by molar-refractivity contribution is 8.00. The van der Waals surface area contributed by atoms with Gasteiger partial charge in [-0.25, -0.2) is 4.98 Å². The van der Waals surface area contributed by atoms with E-state index >= 15 is 0 Å². The first kappa shape index (κ1) is 27.2. The number of halogens is 2. The summed E-state index contributed by atoms with van der Waals surface area (Å²) in [6, 6.07) is 12.3. The van der Waals surface area contributed by atoms with Crippen molar-refractivity contribution in [2.24, 2.45) is 11.8 Å². The maximum atomic E-state index is 12.7. The van der Waals surface area contributed by atoms with E-state index in [0.29, 0.717) is 39.4 Å². The number of nitrogens with zero attached hydrogens (tertiary/aromatic N) is 1. The van der Waals surface area contributed by atoms with E-state index in [1.165, 1.54) is 23.1 Å². The highest BCUT2D eigenvalue weighted by Crippen LogP contribution is 2.33. The third-order valence-electron chi connectivity index (χ3n) is 5.83. The number of carbonyl (C=O) groups is 3. The van der Waals surface area contributed by atoms with Crippen LogP contribution in [-0.4, -0.2) is 33.1 Å². The van der Waals surface area contributed by atoms with Crippen LogP contribution in [0.2, 0.25) is 10.0 Å². The molecule has 0 spiro atoms. The number of aliphatic carboxylic acids is 1. The highest BCUT2D eigenvalue weighted by Gasteiger charge is 2.34. The van der Waals surface area contributed by atoms with Crippen molar-refractivity contribution in [3.8, 4) is 11.3 Å². The Morgan fingerprint density at radius 1 is 1.05 bits per heavy atom. The lowest BCUT2D eigenvalue weighted by atomic mass is 9.82. The Kier molecular flexibility index (Phi) is 8.91. The molecule has 37 heavy (non-hydrogen) atoms. The largest absolute Gasteiger partial charge is 0.481 e. The molecule has 2 aromatic carbocycles. The van der Waals surface area contributed by atoms with Gasteiger partial charge in [-0.3, -0.25) is 14.4 Å². The van der Waals surface area contributed by atoms with Crippen molar-refractivity contribution in [1.82, 2.24) is 4.98 Å². The Bertz CT molecular complexity index is 1340. The molecule has 1 aliphatic rings. The summed E-state index contributed by atoms with van der Waals surface area (Å²) in [5.41, 5.74) is 1.95. The molecule has 11 heteroatoms. The number of allylic oxidation sites excluding steroid dienone is 2. The lowest BCUT2D eigenvalue weighted by Gasteiger charge is -2.24. The van der Waals surface area contributed by atoms with Crippen molar-refractivity contribution in [2.45, 2.75) is 29.9 Å². The Balaban J connectivity index is 1.32. The fraction of sp³-hybridized carbons (Fsp3) is 0.231. The van der Waals surface area contributed by atoms with Gasteiger partial charge in [-0.15, -0.1) is 23.1 Å². The molecule has 0 bridgehead atoms. The average molecular weight is 577 g/mol. The number of aromatic nitrogens is 1. The van der Waals surface area contributed by atoms with Gasteiger partial charge in [0.15, 0.2) is 5.13 Å². The molecule has 1 aromatic heterocycles. The number of amides is 2. The predicted molar refractivity (Wildman–Crippen MR) is 150 cm³/mol. The summed E-state index contributed by atoms with van der Waals surface area (Å²) >= 11 is 14.9. The van der Waals surface area contributed by atoms with E-state index in [4.69, 9.17) is 23.2 Å². The molecule has 0 saturated carbocycles. The van der Waals surface area contributed by atoms with Gasteiger partial charge in [0, 0.05) is 26.5 Å². The zero-order valence-corrected chi connectivity index (χ0v) is 22.8. The summed E-state index contributed by atoms with van der Waals surface area (Å²) in [6.07, 6.45) is 4.39. The Morgan fingerprint density at radius 3 is 2.43 bits per heavy atom. The molecular weight excluding hydrogens is 553 g/mol. The Hall–Kier alpha value is -2.85. The third kappa shape index (κ3) is 6.93. The van der Waals surface area contributed by atoms with Gasteiger partial charge >= 0.3 is 5.97 Å². The van der Waals surface area contributed by atoms with Crippen LogP contribution in [0.4, 0.5) is 10.8 Å². The van der Waals surface area contributed by atoms with Gasteiger partial charge < -0.3 is 15.7 Å². The fourth-order valence-corrected chi connectivity index (χ4v) is 5.93. The molecule has 7 nitrogen and oxygen atoms in total. The molecule has 192 valence electrons. The van der Waals surface area contributed by atoms with Crippen LogP contribution in [0.15, 0.2) is 64.9 Å². The monoisotopic (exact) mass is 575 g/mol. The predicted octanol–water partition coefficient (Wildman–Crippen LogP) is 6.84. The number of benzene rings is 2. The number of nitrogens with one attached hydrogen (secondary N) is 2. The van der Waals surface area contributed by atoms with Crippen LogP contribution in [0, 0.1) is 11.8 Å².